The fraction of sp³-hybridized carbons (Fsp3) is 0.103. The first-order valence-electron chi connectivity index (χ1n) is 12.8. The van der Waals surface area contributed by atoms with E-state index in [2.05, 4.69) is 35.6 Å². The number of pyridine rings is 1. The number of anilines is 3. The number of carbonyl (C=O) groups excluding carboxylic acids is 1. The fourth-order valence-corrected chi connectivity index (χ4v) is 4.61. The summed E-state index contributed by atoms with van der Waals surface area (Å²) in [6.07, 6.45) is 2.95. The lowest BCUT2D eigenvalue weighted by Crippen LogP contribution is -2.14. The van der Waals surface area contributed by atoms with Crippen LogP contribution in [0.1, 0.15) is 27.2 Å². The summed E-state index contributed by atoms with van der Waals surface area (Å²) >= 11 is 6.12. The minimum Gasteiger partial charge on any atom is -0.325 e. The van der Waals surface area contributed by atoms with E-state index >= 15 is 0 Å². The Labute approximate surface area is 247 Å². The summed E-state index contributed by atoms with van der Waals surface area (Å²) in [6, 6.07) is 11.5. The monoisotopic (exact) mass is 603 g/mol. The molecule has 0 aliphatic rings. The standard InChI is InChI=1S/C29H21ClF3N9O/c1-16-3-4-18(27(43)38-20-8-19(29(31,32)33)9-21(10-20)41-13-17(2)37-15-41)7-23(16)40-28-39-22-5-6-34-12-24(22)42(28)26-11-25(30)35-14-36-26/h3-15H,1-2H3,(H,38,43)(H,39,40). The predicted octanol–water partition coefficient (Wildman–Crippen LogP) is 6.68. The topological polar surface area (TPSA) is 115 Å². The van der Waals surface area contributed by atoms with Gasteiger partial charge >= 0.3 is 6.18 Å². The van der Waals surface area contributed by atoms with Crippen LogP contribution in [0.5, 0.6) is 0 Å². The maximum atomic E-state index is 13.7. The van der Waals surface area contributed by atoms with Gasteiger partial charge in [-0.3, -0.25) is 14.3 Å². The third-order valence-electron chi connectivity index (χ3n) is 6.56. The molecule has 0 spiro atoms. The lowest BCUT2D eigenvalue weighted by Gasteiger charge is -2.15. The van der Waals surface area contributed by atoms with E-state index in [0.717, 1.165) is 17.7 Å². The van der Waals surface area contributed by atoms with Crippen molar-refractivity contribution in [1.82, 2.24) is 34.1 Å². The van der Waals surface area contributed by atoms with Crippen molar-refractivity contribution in [1.29, 1.82) is 0 Å². The number of imidazole rings is 2. The van der Waals surface area contributed by atoms with Crippen molar-refractivity contribution in [3.8, 4) is 11.5 Å². The van der Waals surface area contributed by atoms with Gasteiger partial charge in [-0.05, 0) is 55.8 Å². The van der Waals surface area contributed by atoms with E-state index in [1.807, 2.05) is 6.92 Å². The van der Waals surface area contributed by atoms with Gasteiger partial charge in [0.15, 0.2) is 0 Å². The van der Waals surface area contributed by atoms with Gasteiger partial charge in [0.2, 0.25) is 5.95 Å². The SMILES string of the molecule is Cc1cn(-c2cc(NC(=O)c3ccc(C)c(Nc4nc5ccncc5n4-c4cc(Cl)ncn4)c3)cc(C(F)(F)F)c2)cn1. The lowest BCUT2D eigenvalue weighted by atomic mass is 10.1. The number of benzene rings is 2. The molecule has 0 unspecified atom stereocenters. The maximum Gasteiger partial charge on any atom is 0.416 e. The number of nitrogens with zero attached hydrogens (tertiary/aromatic N) is 7. The largest absolute Gasteiger partial charge is 0.416 e. The molecule has 216 valence electrons. The van der Waals surface area contributed by atoms with E-state index in [4.69, 9.17) is 11.6 Å². The average molecular weight is 604 g/mol. The number of amides is 1. The van der Waals surface area contributed by atoms with Crippen LogP contribution in [0.25, 0.3) is 22.5 Å². The molecule has 0 aliphatic heterocycles. The van der Waals surface area contributed by atoms with Crippen molar-refractivity contribution in [3.63, 3.8) is 0 Å². The van der Waals surface area contributed by atoms with Gasteiger partial charge in [-0.1, -0.05) is 17.7 Å². The summed E-state index contributed by atoms with van der Waals surface area (Å²) in [4.78, 5) is 34.5. The second-order valence-electron chi connectivity index (χ2n) is 9.63. The molecule has 0 saturated heterocycles. The van der Waals surface area contributed by atoms with Crippen molar-refractivity contribution < 1.29 is 18.0 Å². The first-order chi connectivity index (χ1) is 20.5. The van der Waals surface area contributed by atoms with Crippen molar-refractivity contribution in [2.75, 3.05) is 10.6 Å². The first kappa shape index (κ1) is 27.8. The highest BCUT2D eigenvalue weighted by Crippen LogP contribution is 2.34. The molecule has 4 heterocycles. The van der Waals surface area contributed by atoms with Crippen molar-refractivity contribution in [2.24, 2.45) is 0 Å². The van der Waals surface area contributed by atoms with Crippen LogP contribution >= 0.6 is 11.6 Å². The van der Waals surface area contributed by atoms with Crippen LogP contribution < -0.4 is 10.6 Å². The van der Waals surface area contributed by atoms with Crippen LogP contribution in [0.3, 0.4) is 0 Å². The highest BCUT2D eigenvalue weighted by atomic mass is 35.5. The zero-order valence-electron chi connectivity index (χ0n) is 22.6. The molecule has 6 aromatic rings. The van der Waals surface area contributed by atoms with Crippen molar-refractivity contribution >= 4 is 45.9 Å². The highest BCUT2D eigenvalue weighted by Gasteiger charge is 2.31. The van der Waals surface area contributed by atoms with E-state index in [-0.39, 0.29) is 22.1 Å². The Hall–Kier alpha value is -5.30. The number of hydrogen-bond acceptors (Lipinski definition) is 7. The first-order valence-corrected chi connectivity index (χ1v) is 13.2. The Bertz CT molecular complexity index is 2000. The van der Waals surface area contributed by atoms with E-state index in [1.54, 1.807) is 60.4 Å². The number of alkyl halides is 3. The van der Waals surface area contributed by atoms with Gasteiger partial charge in [0.1, 0.15) is 17.3 Å². The quantitative estimate of drug-likeness (QED) is 0.204. The predicted molar refractivity (Wildman–Crippen MR) is 155 cm³/mol. The molecule has 2 aromatic carbocycles. The molecular weight excluding hydrogens is 583 g/mol. The lowest BCUT2D eigenvalue weighted by molar-refractivity contribution is -0.137. The summed E-state index contributed by atoms with van der Waals surface area (Å²) in [5, 5.41) is 6.09. The Morgan fingerprint density at radius 1 is 1.00 bits per heavy atom. The van der Waals surface area contributed by atoms with Crippen LogP contribution in [0.2, 0.25) is 5.15 Å². The molecule has 14 heteroatoms. The van der Waals surface area contributed by atoms with Gasteiger partial charge in [-0.15, -0.1) is 0 Å². The normalized spacial score (nSPS) is 11.6. The highest BCUT2D eigenvalue weighted by molar-refractivity contribution is 6.29. The zero-order chi connectivity index (χ0) is 30.3. The molecule has 0 aliphatic carbocycles. The number of aryl methyl sites for hydroxylation is 2. The van der Waals surface area contributed by atoms with Crippen LogP contribution in [-0.4, -0.2) is 40.0 Å². The number of rotatable bonds is 6. The van der Waals surface area contributed by atoms with Gasteiger partial charge in [-0.25, -0.2) is 19.9 Å². The van der Waals surface area contributed by atoms with E-state index in [0.29, 0.717) is 34.2 Å². The molecule has 6 rings (SSSR count). The van der Waals surface area contributed by atoms with Crippen LogP contribution in [0.15, 0.2) is 79.8 Å². The summed E-state index contributed by atoms with van der Waals surface area (Å²) < 4.78 is 44.3. The third kappa shape index (κ3) is 5.75. The third-order valence-corrected chi connectivity index (χ3v) is 6.77. The molecule has 1 amide bonds. The molecule has 0 atom stereocenters. The van der Waals surface area contributed by atoms with Gasteiger partial charge in [0, 0.05) is 41.1 Å². The van der Waals surface area contributed by atoms with Gasteiger partial charge in [0.05, 0.1) is 34.8 Å². The van der Waals surface area contributed by atoms with Crippen molar-refractivity contribution in [2.45, 2.75) is 20.0 Å². The Morgan fingerprint density at radius 2 is 1.84 bits per heavy atom. The second kappa shape index (κ2) is 10.8. The van der Waals surface area contributed by atoms with E-state index in [1.165, 1.54) is 23.3 Å². The number of fused-ring (bicyclic) bond motifs is 1. The summed E-state index contributed by atoms with van der Waals surface area (Å²) in [6.45, 7) is 3.57. The van der Waals surface area contributed by atoms with Gasteiger partial charge in [-0.2, -0.15) is 13.2 Å². The number of carbonyl (C=O) groups is 1. The zero-order valence-corrected chi connectivity index (χ0v) is 23.3. The van der Waals surface area contributed by atoms with E-state index < -0.39 is 17.6 Å². The fourth-order valence-electron chi connectivity index (χ4n) is 4.47. The molecule has 0 bridgehead atoms. The molecule has 0 fully saturated rings. The van der Waals surface area contributed by atoms with Crippen LogP contribution in [-0.2, 0) is 6.18 Å². The van der Waals surface area contributed by atoms with Crippen LogP contribution in [0.4, 0.5) is 30.5 Å². The molecule has 0 radical (unpaired) electrons. The Morgan fingerprint density at radius 3 is 2.58 bits per heavy atom. The van der Waals surface area contributed by atoms with Gasteiger partial charge in [0.25, 0.3) is 5.91 Å². The molecular formula is C29H21ClF3N9O. The summed E-state index contributed by atoms with van der Waals surface area (Å²) in [7, 11) is 0. The minimum absolute atomic E-state index is 0.0220. The molecule has 4 aromatic heterocycles. The average Bonchev–Trinajstić information content (AvgIpc) is 3.56. The molecule has 0 saturated carbocycles. The van der Waals surface area contributed by atoms with Gasteiger partial charge < -0.3 is 15.2 Å². The summed E-state index contributed by atoms with van der Waals surface area (Å²) in [5.41, 5.74) is 2.72. The number of hydrogen-bond donors (Lipinski definition) is 2. The van der Waals surface area contributed by atoms with Crippen LogP contribution in [0, 0.1) is 13.8 Å². The molecule has 10 nitrogen and oxygen atoms in total. The molecule has 43 heavy (non-hydrogen) atoms. The maximum absolute atomic E-state index is 13.7. The van der Waals surface area contributed by atoms with Crippen molar-refractivity contribution in [3.05, 3.63) is 107 Å². The minimum atomic E-state index is -4.62. The second-order valence-corrected chi connectivity index (χ2v) is 10.0. The number of halogens is 4. The summed E-state index contributed by atoms with van der Waals surface area (Å²) in [5.74, 6) is 0.213. The Kier molecular flexibility index (Phi) is 7.02. The molecule has 2 N–H and O–H groups in total. The smallest absolute Gasteiger partial charge is 0.325 e. The Balaban J connectivity index is 1.34. The van der Waals surface area contributed by atoms with E-state index in [9.17, 15) is 18.0 Å². The number of aromatic nitrogens is 7. The number of nitrogens with one attached hydrogen (secondary N) is 2.